The topological polar surface area (TPSA) is 55.7 Å². The highest BCUT2D eigenvalue weighted by molar-refractivity contribution is 5.82. The number of benzene rings is 1. The van der Waals surface area contributed by atoms with Gasteiger partial charge in [0, 0.05) is 0 Å². The molecule has 0 aliphatic carbocycles. The third-order valence-electron chi connectivity index (χ3n) is 2.08. The maximum absolute atomic E-state index is 10.8. The molecule has 0 saturated heterocycles. The second kappa shape index (κ2) is 5.83. The fourth-order valence-corrected chi connectivity index (χ4v) is 1.18. The lowest BCUT2D eigenvalue weighted by Crippen LogP contribution is -2.08. The molecule has 4 nitrogen and oxygen atoms in total. The first-order valence-electron chi connectivity index (χ1n) is 4.97. The molecule has 0 saturated carbocycles. The average Bonchev–Trinajstić information content (AvgIpc) is 2.27. The number of ether oxygens (including phenoxy) is 1. The Hall–Kier alpha value is -1.93. The summed E-state index contributed by atoms with van der Waals surface area (Å²) >= 11 is 0. The number of hydrogen-bond acceptors (Lipinski definition) is 3. The van der Waals surface area contributed by atoms with Gasteiger partial charge in [-0.3, -0.25) is 4.79 Å². The van der Waals surface area contributed by atoms with Gasteiger partial charge in [0.15, 0.2) is 6.61 Å². The van der Waals surface area contributed by atoms with Crippen LogP contribution in [-0.2, 0) is 9.59 Å². The monoisotopic (exact) mass is 219 g/mol. The van der Waals surface area contributed by atoms with Crippen LogP contribution >= 0.6 is 0 Å². The first-order chi connectivity index (χ1) is 7.63. The molecule has 1 rings (SSSR count). The van der Waals surface area contributed by atoms with Crippen molar-refractivity contribution in [3.05, 3.63) is 29.8 Å². The van der Waals surface area contributed by atoms with E-state index in [1.54, 1.807) is 12.1 Å². The Morgan fingerprint density at radius 3 is 2.50 bits per heavy atom. The highest BCUT2D eigenvalue weighted by Crippen LogP contribution is 2.18. The van der Waals surface area contributed by atoms with Gasteiger partial charge in [-0.05, 0) is 23.6 Å². The lowest BCUT2D eigenvalue weighted by atomic mass is 10.0. The molecule has 0 N–H and O–H groups in total. The van der Waals surface area contributed by atoms with E-state index >= 15 is 0 Å². The Morgan fingerprint density at radius 2 is 2.00 bits per heavy atom. The fraction of sp³-hybridized carbons (Fsp3) is 0.333. The number of amides is 1. The smallest absolute Gasteiger partial charge is 0.294 e. The van der Waals surface area contributed by atoms with Crippen LogP contribution in [0.3, 0.4) is 0 Å². The van der Waals surface area contributed by atoms with Crippen LogP contribution in [0.4, 0.5) is 0 Å². The molecule has 0 bridgehead atoms. The summed E-state index contributed by atoms with van der Waals surface area (Å²) < 4.78 is 5.13. The Labute approximate surface area is 94.0 Å². The van der Waals surface area contributed by atoms with E-state index < -0.39 is 5.91 Å². The van der Waals surface area contributed by atoms with Gasteiger partial charge in [-0.15, -0.1) is 4.99 Å². The number of hydrogen-bond donors (Lipinski definition) is 0. The molecule has 1 aromatic carbocycles. The molecule has 16 heavy (non-hydrogen) atoms. The Kier molecular flexibility index (Phi) is 4.42. The molecular formula is C12H13NO3. The predicted molar refractivity (Wildman–Crippen MR) is 59.2 cm³/mol. The van der Waals surface area contributed by atoms with Crippen molar-refractivity contribution < 1.29 is 14.3 Å². The van der Waals surface area contributed by atoms with Crippen LogP contribution in [0.5, 0.6) is 5.75 Å². The number of carbonyl (C=O) groups is 1. The van der Waals surface area contributed by atoms with Crippen LogP contribution in [0.25, 0.3) is 0 Å². The van der Waals surface area contributed by atoms with E-state index in [1.807, 2.05) is 12.1 Å². The zero-order valence-corrected chi connectivity index (χ0v) is 9.27. The molecule has 0 spiro atoms. The van der Waals surface area contributed by atoms with E-state index in [4.69, 9.17) is 4.74 Å². The van der Waals surface area contributed by atoms with Gasteiger partial charge in [-0.1, -0.05) is 26.0 Å². The molecule has 0 aromatic heterocycles. The van der Waals surface area contributed by atoms with Gasteiger partial charge in [-0.2, -0.15) is 0 Å². The lowest BCUT2D eigenvalue weighted by Gasteiger charge is -2.07. The van der Waals surface area contributed by atoms with Crippen molar-refractivity contribution in [2.75, 3.05) is 6.61 Å². The van der Waals surface area contributed by atoms with Crippen molar-refractivity contribution in [1.82, 2.24) is 0 Å². The van der Waals surface area contributed by atoms with Gasteiger partial charge in [0.1, 0.15) is 5.75 Å². The van der Waals surface area contributed by atoms with Crippen molar-refractivity contribution in [2.24, 2.45) is 4.99 Å². The van der Waals surface area contributed by atoms with Crippen molar-refractivity contribution in [3.63, 3.8) is 0 Å². The molecular weight excluding hydrogens is 206 g/mol. The number of isocyanates is 1. The predicted octanol–water partition coefficient (Wildman–Crippen LogP) is 2.05. The van der Waals surface area contributed by atoms with Crippen LogP contribution in [0.1, 0.15) is 25.3 Å². The van der Waals surface area contributed by atoms with Crippen molar-refractivity contribution in [2.45, 2.75) is 19.8 Å². The maximum atomic E-state index is 10.8. The van der Waals surface area contributed by atoms with E-state index in [9.17, 15) is 9.59 Å². The first kappa shape index (κ1) is 12.1. The summed E-state index contributed by atoms with van der Waals surface area (Å²) in [5.41, 5.74) is 1.20. The van der Waals surface area contributed by atoms with Crippen LogP contribution in [0.2, 0.25) is 0 Å². The van der Waals surface area contributed by atoms with Gasteiger partial charge < -0.3 is 4.74 Å². The van der Waals surface area contributed by atoms with Gasteiger partial charge in [0.2, 0.25) is 6.08 Å². The molecule has 84 valence electrons. The Morgan fingerprint density at radius 1 is 1.38 bits per heavy atom. The van der Waals surface area contributed by atoms with Gasteiger partial charge in [-0.25, -0.2) is 4.79 Å². The van der Waals surface area contributed by atoms with Crippen molar-refractivity contribution >= 4 is 12.0 Å². The fourth-order valence-electron chi connectivity index (χ4n) is 1.18. The maximum Gasteiger partial charge on any atom is 0.294 e. The molecule has 0 aliphatic heterocycles. The zero-order valence-electron chi connectivity index (χ0n) is 9.27. The van der Waals surface area contributed by atoms with Gasteiger partial charge in [0.05, 0.1) is 0 Å². The van der Waals surface area contributed by atoms with E-state index in [1.165, 1.54) is 11.6 Å². The number of rotatable bonds is 4. The zero-order chi connectivity index (χ0) is 12.0. The summed E-state index contributed by atoms with van der Waals surface area (Å²) in [4.78, 5) is 23.5. The largest absolute Gasteiger partial charge is 0.484 e. The van der Waals surface area contributed by atoms with E-state index in [0.29, 0.717) is 11.7 Å². The van der Waals surface area contributed by atoms with Gasteiger partial charge >= 0.3 is 0 Å². The van der Waals surface area contributed by atoms with E-state index in [0.717, 1.165) is 0 Å². The normalized spacial score (nSPS) is 9.69. The van der Waals surface area contributed by atoms with Gasteiger partial charge in [0.25, 0.3) is 5.91 Å². The SMILES string of the molecule is CC(C)c1ccc(OCC(=O)N=C=O)cc1. The number of nitrogens with zero attached hydrogens (tertiary/aromatic N) is 1. The molecule has 0 heterocycles. The summed E-state index contributed by atoms with van der Waals surface area (Å²) in [5.74, 6) is 0.400. The molecule has 0 radical (unpaired) electrons. The molecule has 4 heteroatoms. The average molecular weight is 219 g/mol. The molecule has 0 unspecified atom stereocenters. The molecule has 0 atom stereocenters. The second-order valence-corrected chi connectivity index (χ2v) is 3.61. The van der Waals surface area contributed by atoms with Crippen LogP contribution in [0, 0.1) is 0 Å². The molecule has 1 amide bonds. The number of aliphatic imine (C=N–C) groups is 1. The van der Waals surface area contributed by atoms with Crippen LogP contribution < -0.4 is 4.74 Å². The quantitative estimate of drug-likeness (QED) is 0.575. The first-order valence-corrected chi connectivity index (χ1v) is 4.97. The number of carbonyl (C=O) groups excluding carboxylic acids is 2. The van der Waals surface area contributed by atoms with Crippen LogP contribution in [0.15, 0.2) is 29.3 Å². The molecule has 0 aliphatic rings. The minimum atomic E-state index is -0.636. The minimum Gasteiger partial charge on any atom is -0.484 e. The molecule has 1 aromatic rings. The van der Waals surface area contributed by atoms with E-state index in [-0.39, 0.29) is 6.61 Å². The van der Waals surface area contributed by atoms with E-state index in [2.05, 4.69) is 18.8 Å². The summed E-state index contributed by atoms with van der Waals surface area (Å²) in [6.07, 6.45) is 1.17. The van der Waals surface area contributed by atoms with Crippen molar-refractivity contribution in [1.29, 1.82) is 0 Å². The minimum absolute atomic E-state index is 0.240. The van der Waals surface area contributed by atoms with Crippen LogP contribution in [-0.4, -0.2) is 18.6 Å². The third-order valence-corrected chi connectivity index (χ3v) is 2.08. The second-order valence-electron chi connectivity index (χ2n) is 3.61. The summed E-state index contributed by atoms with van der Waals surface area (Å²) in [7, 11) is 0. The highest BCUT2D eigenvalue weighted by Gasteiger charge is 2.02. The Balaban J connectivity index is 2.55. The summed E-state index contributed by atoms with van der Waals surface area (Å²) in [6, 6.07) is 7.45. The molecule has 0 fully saturated rings. The standard InChI is InChI=1S/C12H13NO3/c1-9(2)10-3-5-11(6-4-10)16-7-12(15)13-8-14/h3-6,9H,7H2,1-2H3. The Bertz CT molecular complexity index is 403. The summed E-state index contributed by atoms with van der Waals surface area (Å²) in [5, 5.41) is 0. The highest BCUT2D eigenvalue weighted by atomic mass is 16.5. The summed E-state index contributed by atoms with van der Waals surface area (Å²) in [6.45, 7) is 3.95. The van der Waals surface area contributed by atoms with Crippen molar-refractivity contribution in [3.8, 4) is 5.75 Å². The lowest BCUT2D eigenvalue weighted by molar-refractivity contribution is -0.119. The third kappa shape index (κ3) is 3.67.